The van der Waals surface area contributed by atoms with Crippen molar-refractivity contribution in [2.24, 2.45) is 0 Å². The van der Waals surface area contributed by atoms with Gasteiger partial charge in [-0.2, -0.15) is 0 Å². The molecule has 0 saturated carbocycles. The highest BCUT2D eigenvalue weighted by atomic mass is 79.9. The topological polar surface area (TPSA) is 20.2 Å². The summed E-state index contributed by atoms with van der Waals surface area (Å²) in [6, 6.07) is 19.3. The van der Waals surface area contributed by atoms with Crippen molar-refractivity contribution in [1.82, 2.24) is 0 Å². The van der Waals surface area contributed by atoms with E-state index in [9.17, 15) is 5.11 Å². The maximum Gasteiger partial charge on any atom is 0.104 e. The molecule has 0 unspecified atom stereocenters. The van der Waals surface area contributed by atoms with Crippen molar-refractivity contribution < 1.29 is 22.1 Å². The van der Waals surface area contributed by atoms with Crippen molar-refractivity contribution in [1.29, 1.82) is 0 Å². The van der Waals surface area contributed by atoms with Crippen molar-refractivity contribution in [3.8, 4) is 0 Å². The smallest absolute Gasteiger partial charge is 0.104 e. The van der Waals surface area contributed by atoms with Gasteiger partial charge in [-0.05, 0) is 11.1 Å². The fraction of sp³-hybridized carbons (Fsp3) is 0.0769. The summed E-state index contributed by atoms with van der Waals surface area (Å²) in [7, 11) is 0. The van der Waals surface area contributed by atoms with E-state index < -0.39 is 6.10 Å². The van der Waals surface area contributed by atoms with E-state index in [4.69, 9.17) is 0 Å². The monoisotopic (exact) mass is 263 g/mol. The van der Waals surface area contributed by atoms with Crippen LogP contribution in [0.15, 0.2) is 60.7 Å². The summed E-state index contributed by atoms with van der Waals surface area (Å²) in [4.78, 5) is 0. The number of benzene rings is 2. The standard InChI is InChI=1S/C13H12O.BrH/c14-13(11-7-3-1-4-8-11)12-9-5-2-6-10-12;/h1-10,13-14H;1H/p-1. The third-order valence-corrected chi connectivity index (χ3v) is 2.23. The minimum Gasteiger partial charge on any atom is -1.00 e. The zero-order chi connectivity index (χ0) is 9.80. The Kier molecular flexibility index (Phi) is 4.53. The summed E-state index contributed by atoms with van der Waals surface area (Å²) in [5, 5.41) is 9.99. The first-order valence-corrected chi connectivity index (χ1v) is 4.66. The van der Waals surface area contributed by atoms with E-state index in [2.05, 4.69) is 0 Å². The molecular weight excluding hydrogens is 252 g/mol. The highest BCUT2D eigenvalue weighted by molar-refractivity contribution is 5.29. The van der Waals surface area contributed by atoms with Crippen LogP contribution in [0.25, 0.3) is 0 Å². The first kappa shape index (κ1) is 12.0. The van der Waals surface area contributed by atoms with Gasteiger partial charge in [-0.3, -0.25) is 0 Å². The molecule has 0 heterocycles. The third-order valence-electron chi connectivity index (χ3n) is 2.23. The van der Waals surface area contributed by atoms with Crippen LogP contribution >= 0.6 is 0 Å². The van der Waals surface area contributed by atoms with E-state index >= 15 is 0 Å². The van der Waals surface area contributed by atoms with Gasteiger partial charge in [0.25, 0.3) is 0 Å². The van der Waals surface area contributed by atoms with Crippen molar-refractivity contribution in [2.45, 2.75) is 6.10 Å². The van der Waals surface area contributed by atoms with Crippen LogP contribution in [0.1, 0.15) is 17.2 Å². The van der Waals surface area contributed by atoms with Crippen molar-refractivity contribution >= 4 is 0 Å². The Morgan fingerprint density at radius 2 is 1.00 bits per heavy atom. The Morgan fingerprint density at radius 3 is 1.33 bits per heavy atom. The van der Waals surface area contributed by atoms with Crippen LogP contribution in [0.5, 0.6) is 0 Å². The maximum absolute atomic E-state index is 9.99. The van der Waals surface area contributed by atoms with Crippen LogP contribution in [0, 0.1) is 0 Å². The molecule has 0 amide bonds. The largest absolute Gasteiger partial charge is 1.00 e. The van der Waals surface area contributed by atoms with Crippen molar-refractivity contribution in [3.05, 3.63) is 71.8 Å². The van der Waals surface area contributed by atoms with Crippen LogP contribution in [0.2, 0.25) is 0 Å². The molecule has 0 radical (unpaired) electrons. The normalized spacial score (nSPS) is 9.73. The van der Waals surface area contributed by atoms with Gasteiger partial charge in [0.15, 0.2) is 0 Å². The van der Waals surface area contributed by atoms with E-state index in [0.29, 0.717) is 0 Å². The number of aliphatic hydroxyl groups is 1. The average Bonchev–Trinajstić information content (AvgIpc) is 2.30. The van der Waals surface area contributed by atoms with Gasteiger partial charge >= 0.3 is 0 Å². The van der Waals surface area contributed by atoms with Crippen LogP contribution in [0.3, 0.4) is 0 Å². The lowest BCUT2D eigenvalue weighted by atomic mass is 10.0. The Bertz CT molecular complexity index is 346. The summed E-state index contributed by atoms with van der Waals surface area (Å²) in [6.07, 6.45) is -0.516. The predicted molar refractivity (Wildman–Crippen MR) is 56.9 cm³/mol. The Labute approximate surface area is 100 Å². The van der Waals surface area contributed by atoms with Gasteiger partial charge in [-0.15, -0.1) is 0 Å². The molecule has 0 fully saturated rings. The molecule has 0 aliphatic heterocycles. The molecule has 1 nitrogen and oxygen atoms in total. The van der Waals surface area contributed by atoms with E-state index in [-0.39, 0.29) is 17.0 Å². The molecule has 0 bridgehead atoms. The molecule has 15 heavy (non-hydrogen) atoms. The molecule has 2 aromatic rings. The maximum atomic E-state index is 9.99. The number of aliphatic hydroxyl groups excluding tert-OH is 1. The molecule has 2 heteroatoms. The molecule has 0 aliphatic rings. The molecule has 0 aromatic heterocycles. The van der Waals surface area contributed by atoms with Crippen molar-refractivity contribution in [2.75, 3.05) is 0 Å². The minimum atomic E-state index is -0.516. The molecule has 0 aliphatic carbocycles. The van der Waals surface area contributed by atoms with Crippen LogP contribution in [0.4, 0.5) is 0 Å². The first-order chi connectivity index (χ1) is 6.88. The summed E-state index contributed by atoms with van der Waals surface area (Å²) < 4.78 is 0. The second-order valence-electron chi connectivity index (χ2n) is 3.22. The fourth-order valence-corrected chi connectivity index (χ4v) is 1.46. The number of hydrogen-bond donors (Lipinski definition) is 1. The van der Waals surface area contributed by atoms with E-state index in [1.54, 1.807) is 0 Å². The Hall–Kier alpha value is -1.12. The summed E-state index contributed by atoms with van der Waals surface area (Å²) in [5.41, 5.74) is 1.86. The highest BCUT2D eigenvalue weighted by Crippen LogP contribution is 2.20. The molecule has 2 aromatic carbocycles. The second-order valence-corrected chi connectivity index (χ2v) is 3.22. The van der Waals surface area contributed by atoms with Gasteiger partial charge in [0.05, 0.1) is 0 Å². The summed E-state index contributed by atoms with van der Waals surface area (Å²) in [5.74, 6) is 0. The van der Waals surface area contributed by atoms with E-state index in [0.717, 1.165) is 11.1 Å². The predicted octanol–water partition coefficient (Wildman–Crippen LogP) is -0.228. The lowest BCUT2D eigenvalue weighted by Crippen LogP contribution is -3.00. The van der Waals surface area contributed by atoms with Gasteiger partial charge in [0.1, 0.15) is 6.10 Å². The molecule has 0 saturated heterocycles. The van der Waals surface area contributed by atoms with Gasteiger partial charge in [0.2, 0.25) is 0 Å². The second kappa shape index (κ2) is 5.69. The molecule has 78 valence electrons. The lowest BCUT2D eigenvalue weighted by molar-refractivity contribution is -0.00000409. The zero-order valence-corrected chi connectivity index (χ0v) is 9.76. The molecule has 2 rings (SSSR count). The van der Waals surface area contributed by atoms with Crippen LogP contribution in [-0.2, 0) is 0 Å². The van der Waals surface area contributed by atoms with Crippen LogP contribution in [-0.4, -0.2) is 5.11 Å². The number of hydrogen-bond acceptors (Lipinski definition) is 1. The quantitative estimate of drug-likeness (QED) is 0.794. The average molecular weight is 264 g/mol. The van der Waals surface area contributed by atoms with Crippen LogP contribution < -0.4 is 17.0 Å². The summed E-state index contributed by atoms with van der Waals surface area (Å²) in [6.45, 7) is 0. The van der Waals surface area contributed by atoms with Gasteiger partial charge in [-0.25, -0.2) is 0 Å². The Balaban J connectivity index is 0.00000112. The van der Waals surface area contributed by atoms with Gasteiger partial charge in [-0.1, -0.05) is 60.7 Å². The highest BCUT2D eigenvalue weighted by Gasteiger charge is 2.07. The lowest BCUT2D eigenvalue weighted by Gasteiger charge is -2.10. The molecule has 0 atom stereocenters. The van der Waals surface area contributed by atoms with Gasteiger partial charge < -0.3 is 22.1 Å². The minimum absolute atomic E-state index is 0. The first-order valence-electron chi connectivity index (χ1n) is 4.66. The molecular formula is C13H12BrO-. The molecule has 1 N–H and O–H groups in total. The van der Waals surface area contributed by atoms with Crippen molar-refractivity contribution in [3.63, 3.8) is 0 Å². The molecule has 0 spiro atoms. The third kappa shape index (κ3) is 2.91. The zero-order valence-electron chi connectivity index (χ0n) is 8.18. The SMILES string of the molecule is OC(c1ccccc1)c1ccccc1.[Br-]. The fourth-order valence-electron chi connectivity index (χ4n) is 1.46. The van der Waals surface area contributed by atoms with E-state index in [1.807, 2.05) is 60.7 Å². The van der Waals surface area contributed by atoms with E-state index in [1.165, 1.54) is 0 Å². The summed E-state index contributed by atoms with van der Waals surface area (Å²) >= 11 is 0. The Morgan fingerprint density at radius 1 is 0.667 bits per heavy atom. The van der Waals surface area contributed by atoms with Gasteiger partial charge in [0, 0.05) is 0 Å². The number of rotatable bonds is 2. The number of halogens is 1.